The van der Waals surface area contributed by atoms with E-state index in [1.54, 1.807) is 0 Å². The zero-order valence-corrected chi connectivity index (χ0v) is 12.7. The number of rotatable bonds is 4. The van der Waals surface area contributed by atoms with Crippen LogP contribution in [0.2, 0.25) is 0 Å². The van der Waals surface area contributed by atoms with Gasteiger partial charge >= 0.3 is 0 Å². The Morgan fingerprint density at radius 3 is 2.74 bits per heavy atom. The molecule has 1 N–H and O–H groups in total. The Hall–Kier alpha value is -0.800. The first-order valence-corrected chi connectivity index (χ1v) is 7.45. The maximum atomic E-state index is 5.97. The van der Waals surface area contributed by atoms with Crippen molar-refractivity contribution < 1.29 is 9.15 Å². The van der Waals surface area contributed by atoms with E-state index < -0.39 is 0 Å². The molecule has 0 bridgehead atoms. The van der Waals surface area contributed by atoms with Crippen LogP contribution in [0.3, 0.4) is 0 Å². The number of hydrogen-bond donors (Lipinski definition) is 1. The summed E-state index contributed by atoms with van der Waals surface area (Å²) in [6.07, 6.45) is 3.41. The maximum Gasteiger partial charge on any atom is 0.133 e. The van der Waals surface area contributed by atoms with E-state index in [2.05, 4.69) is 45.1 Å². The van der Waals surface area contributed by atoms with Crippen molar-refractivity contribution >= 4 is 0 Å². The average Bonchev–Trinajstić information content (AvgIpc) is 2.84. The maximum absolute atomic E-state index is 5.97. The lowest BCUT2D eigenvalue weighted by Gasteiger charge is -2.33. The highest BCUT2D eigenvalue weighted by molar-refractivity contribution is 5.11. The van der Waals surface area contributed by atoms with Gasteiger partial charge in [-0.1, -0.05) is 6.92 Å². The Kier molecular flexibility index (Phi) is 4.69. The number of furan rings is 1. The molecule has 3 nitrogen and oxygen atoms in total. The highest BCUT2D eigenvalue weighted by Gasteiger charge is 2.30. The Morgan fingerprint density at radius 1 is 1.32 bits per heavy atom. The molecule has 3 heteroatoms. The number of nitrogens with one attached hydrogen (secondary N) is 1. The van der Waals surface area contributed by atoms with E-state index in [1.807, 2.05) is 0 Å². The number of hydrogen-bond acceptors (Lipinski definition) is 3. The predicted molar refractivity (Wildman–Crippen MR) is 77.3 cm³/mol. The second kappa shape index (κ2) is 6.10. The van der Waals surface area contributed by atoms with Gasteiger partial charge in [-0.2, -0.15) is 0 Å². The van der Waals surface area contributed by atoms with Gasteiger partial charge in [0.2, 0.25) is 0 Å². The molecule has 0 saturated carbocycles. The van der Waals surface area contributed by atoms with Gasteiger partial charge in [0.1, 0.15) is 17.6 Å². The largest absolute Gasteiger partial charge is 0.463 e. The summed E-state index contributed by atoms with van der Waals surface area (Å²) in [6.45, 7) is 10.5. The minimum Gasteiger partial charge on any atom is -0.463 e. The van der Waals surface area contributed by atoms with Crippen LogP contribution in [0.1, 0.15) is 58.2 Å². The predicted octanol–water partition coefficient (Wildman–Crippen LogP) is 3.70. The molecule has 1 aromatic heterocycles. The number of aryl methyl sites for hydroxylation is 1. The molecule has 0 amide bonds. The van der Waals surface area contributed by atoms with Gasteiger partial charge in [0.05, 0.1) is 0 Å². The molecule has 1 aliphatic heterocycles. The summed E-state index contributed by atoms with van der Waals surface area (Å²) in [5, 5.41) is 3.59. The van der Waals surface area contributed by atoms with Crippen molar-refractivity contribution in [3.8, 4) is 0 Å². The van der Waals surface area contributed by atoms with Gasteiger partial charge in [0.15, 0.2) is 0 Å². The fourth-order valence-corrected chi connectivity index (χ4v) is 2.54. The summed E-state index contributed by atoms with van der Waals surface area (Å²) in [5.41, 5.74) is 0.153. The molecule has 2 atom stereocenters. The summed E-state index contributed by atoms with van der Waals surface area (Å²) >= 11 is 0. The second-order valence-electron chi connectivity index (χ2n) is 6.48. The number of ether oxygens (including phenoxy) is 1. The Bertz CT molecular complexity index is 392. The Balaban J connectivity index is 2.03. The zero-order chi connectivity index (χ0) is 13.9. The van der Waals surface area contributed by atoms with Crippen LogP contribution in [-0.4, -0.2) is 18.7 Å². The molecule has 2 unspecified atom stereocenters. The van der Waals surface area contributed by atoms with Crippen LogP contribution in [0.25, 0.3) is 0 Å². The van der Waals surface area contributed by atoms with Gasteiger partial charge in [-0.05, 0) is 45.7 Å². The molecular formula is C16H27NO2. The quantitative estimate of drug-likeness (QED) is 0.901. The zero-order valence-electron chi connectivity index (χ0n) is 12.7. The summed E-state index contributed by atoms with van der Waals surface area (Å²) in [4.78, 5) is 0. The topological polar surface area (TPSA) is 34.4 Å². The molecule has 1 aromatic rings. The van der Waals surface area contributed by atoms with Crippen LogP contribution >= 0.6 is 0 Å². The lowest BCUT2D eigenvalue weighted by Crippen LogP contribution is -2.41. The lowest BCUT2D eigenvalue weighted by molar-refractivity contribution is -0.0414. The summed E-state index contributed by atoms with van der Waals surface area (Å²) in [6, 6.07) is 4.15. The van der Waals surface area contributed by atoms with E-state index in [9.17, 15) is 0 Å². The minimum absolute atomic E-state index is 0.115. The summed E-state index contributed by atoms with van der Waals surface area (Å²) < 4.78 is 11.8. The SMILES string of the molecule is CCc1ccc(C2OCCCC2CNC(C)(C)C)o1. The van der Waals surface area contributed by atoms with Crippen molar-refractivity contribution in [3.05, 3.63) is 23.7 Å². The molecule has 2 rings (SSSR count). The monoisotopic (exact) mass is 265 g/mol. The molecule has 108 valence electrons. The molecule has 2 heterocycles. The Morgan fingerprint density at radius 2 is 2.11 bits per heavy atom. The fourth-order valence-electron chi connectivity index (χ4n) is 2.54. The minimum atomic E-state index is 0.115. The smallest absolute Gasteiger partial charge is 0.133 e. The summed E-state index contributed by atoms with van der Waals surface area (Å²) in [7, 11) is 0. The van der Waals surface area contributed by atoms with Gasteiger partial charge in [-0.15, -0.1) is 0 Å². The fraction of sp³-hybridized carbons (Fsp3) is 0.750. The lowest BCUT2D eigenvalue weighted by atomic mass is 9.91. The highest BCUT2D eigenvalue weighted by Crippen LogP contribution is 2.34. The van der Waals surface area contributed by atoms with Crippen LogP contribution in [0, 0.1) is 5.92 Å². The molecule has 0 spiro atoms. The molecular weight excluding hydrogens is 238 g/mol. The van der Waals surface area contributed by atoms with Gasteiger partial charge < -0.3 is 14.5 Å². The van der Waals surface area contributed by atoms with Gasteiger partial charge in [0.25, 0.3) is 0 Å². The van der Waals surface area contributed by atoms with Crippen molar-refractivity contribution in [2.75, 3.05) is 13.2 Å². The summed E-state index contributed by atoms with van der Waals surface area (Å²) in [5.74, 6) is 2.55. The van der Waals surface area contributed by atoms with Crippen molar-refractivity contribution in [1.29, 1.82) is 0 Å². The van der Waals surface area contributed by atoms with Gasteiger partial charge in [-0.3, -0.25) is 0 Å². The molecule has 1 aliphatic rings. The molecule has 19 heavy (non-hydrogen) atoms. The molecule has 1 fully saturated rings. The van der Waals surface area contributed by atoms with E-state index in [1.165, 1.54) is 6.42 Å². The first-order valence-electron chi connectivity index (χ1n) is 7.45. The van der Waals surface area contributed by atoms with Crippen molar-refractivity contribution in [1.82, 2.24) is 5.32 Å². The van der Waals surface area contributed by atoms with Crippen LogP contribution in [0.4, 0.5) is 0 Å². The first kappa shape index (κ1) is 14.6. The van der Waals surface area contributed by atoms with Crippen molar-refractivity contribution in [3.63, 3.8) is 0 Å². The molecule has 0 radical (unpaired) electrons. The van der Waals surface area contributed by atoms with Crippen molar-refractivity contribution in [2.45, 2.75) is 58.6 Å². The first-order chi connectivity index (χ1) is 8.99. The van der Waals surface area contributed by atoms with E-state index in [0.717, 1.165) is 37.5 Å². The van der Waals surface area contributed by atoms with Crippen LogP contribution in [0.5, 0.6) is 0 Å². The van der Waals surface area contributed by atoms with E-state index in [-0.39, 0.29) is 11.6 Å². The molecule has 1 saturated heterocycles. The van der Waals surface area contributed by atoms with E-state index in [0.29, 0.717) is 5.92 Å². The average molecular weight is 265 g/mol. The van der Waals surface area contributed by atoms with Crippen molar-refractivity contribution in [2.24, 2.45) is 5.92 Å². The standard InChI is InChI=1S/C16H27NO2/c1-5-13-8-9-14(19-13)15-12(7-6-10-18-15)11-17-16(2,3)4/h8-9,12,15,17H,5-7,10-11H2,1-4H3. The third-order valence-electron chi connectivity index (χ3n) is 3.65. The van der Waals surface area contributed by atoms with Crippen LogP contribution in [0.15, 0.2) is 16.5 Å². The normalized spacial score (nSPS) is 24.6. The third kappa shape index (κ3) is 4.08. The third-order valence-corrected chi connectivity index (χ3v) is 3.65. The second-order valence-corrected chi connectivity index (χ2v) is 6.48. The molecule has 0 aliphatic carbocycles. The van der Waals surface area contributed by atoms with E-state index >= 15 is 0 Å². The van der Waals surface area contributed by atoms with Gasteiger partial charge in [-0.25, -0.2) is 0 Å². The molecule has 0 aromatic carbocycles. The Labute approximate surface area is 116 Å². The van der Waals surface area contributed by atoms with Crippen LogP contribution < -0.4 is 5.32 Å². The van der Waals surface area contributed by atoms with Gasteiger partial charge in [0, 0.05) is 31.0 Å². The van der Waals surface area contributed by atoms with Crippen LogP contribution in [-0.2, 0) is 11.2 Å². The van der Waals surface area contributed by atoms with E-state index in [4.69, 9.17) is 9.15 Å². The highest BCUT2D eigenvalue weighted by atomic mass is 16.5.